The van der Waals surface area contributed by atoms with Gasteiger partial charge in [0.25, 0.3) is 0 Å². The number of carbonyl (C=O) groups excluding carboxylic acids is 1. The molecule has 120 valence electrons. The fourth-order valence-electron chi connectivity index (χ4n) is 1.82. The quantitative estimate of drug-likeness (QED) is 0.861. The summed E-state index contributed by atoms with van der Waals surface area (Å²) in [7, 11) is 0. The minimum atomic E-state index is -0.928. The number of halogens is 1. The number of nitrogens with one attached hydrogen (secondary N) is 1. The van der Waals surface area contributed by atoms with Crippen LogP contribution < -0.4 is 5.32 Å². The van der Waals surface area contributed by atoms with E-state index in [9.17, 15) is 10.1 Å². The standard InChI is InChI=1S/C15H17BrN6O/c1-10(2)15(3,9-17)18-13(23)8-22-20-14(19-21-22)11-6-4-5-7-12(11)16/h4-7,10H,8H2,1-3H3,(H,18,23)/t15-/m0/s1. The average Bonchev–Trinajstić information content (AvgIpc) is 2.95. The molecular weight excluding hydrogens is 360 g/mol. The summed E-state index contributed by atoms with van der Waals surface area (Å²) in [4.78, 5) is 13.3. The monoisotopic (exact) mass is 376 g/mol. The van der Waals surface area contributed by atoms with Gasteiger partial charge in [-0.3, -0.25) is 4.79 Å². The van der Waals surface area contributed by atoms with E-state index < -0.39 is 5.54 Å². The van der Waals surface area contributed by atoms with Crippen LogP contribution in [0.5, 0.6) is 0 Å². The Morgan fingerprint density at radius 3 is 2.78 bits per heavy atom. The zero-order valence-corrected chi connectivity index (χ0v) is 14.7. The Morgan fingerprint density at radius 2 is 2.17 bits per heavy atom. The van der Waals surface area contributed by atoms with Gasteiger partial charge in [-0.05, 0) is 30.2 Å². The van der Waals surface area contributed by atoms with Gasteiger partial charge in [0.1, 0.15) is 12.1 Å². The lowest BCUT2D eigenvalue weighted by Gasteiger charge is -2.27. The van der Waals surface area contributed by atoms with E-state index in [0.29, 0.717) is 5.82 Å². The molecule has 23 heavy (non-hydrogen) atoms. The van der Waals surface area contributed by atoms with E-state index in [0.717, 1.165) is 10.0 Å². The van der Waals surface area contributed by atoms with Crippen LogP contribution in [-0.2, 0) is 11.3 Å². The first-order valence-corrected chi connectivity index (χ1v) is 7.90. The molecule has 0 fully saturated rings. The smallest absolute Gasteiger partial charge is 0.244 e. The molecule has 0 saturated heterocycles. The maximum atomic E-state index is 12.1. The molecule has 1 aromatic heterocycles. The zero-order chi connectivity index (χ0) is 17.0. The SMILES string of the molecule is CC(C)[C@](C)(C#N)NC(=O)Cn1nnc(-c2ccccc2Br)n1. The molecule has 0 spiro atoms. The molecule has 1 aromatic carbocycles. The summed E-state index contributed by atoms with van der Waals surface area (Å²) in [6.07, 6.45) is 0. The summed E-state index contributed by atoms with van der Waals surface area (Å²) in [6, 6.07) is 9.62. The van der Waals surface area contributed by atoms with Crippen molar-refractivity contribution in [2.45, 2.75) is 32.9 Å². The molecule has 0 bridgehead atoms. The van der Waals surface area contributed by atoms with Crippen molar-refractivity contribution in [1.29, 1.82) is 5.26 Å². The summed E-state index contributed by atoms with van der Waals surface area (Å²) in [5, 5.41) is 24.0. The molecule has 1 amide bonds. The maximum Gasteiger partial charge on any atom is 0.244 e. The van der Waals surface area contributed by atoms with Gasteiger partial charge in [0.05, 0.1) is 6.07 Å². The van der Waals surface area contributed by atoms with Gasteiger partial charge in [0.15, 0.2) is 0 Å². The van der Waals surface area contributed by atoms with Crippen LogP contribution in [-0.4, -0.2) is 31.7 Å². The summed E-state index contributed by atoms with van der Waals surface area (Å²) in [6.45, 7) is 5.35. The van der Waals surface area contributed by atoms with E-state index in [4.69, 9.17) is 0 Å². The first-order valence-electron chi connectivity index (χ1n) is 7.10. The van der Waals surface area contributed by atoms with E-state index >= 15 is 0 Å². The average molecular weight is 377 g/mol. The van der Waals surface area contributed by atoms with Crippen LogP contribution >= 0.6 is 15.9 Å². The van der Waals surface area contributed by atoms with E-state index in [1.165, 1.54) is 4.80 Å². The van der Waals surface area contributed by atoms with Crippen LogP contribution in [0.4, 0.5) is 0 Å². The van der Waals surface area contributed by atoms with Gasteiger partial charge >= 0.3 is 0 Å². The lowest BCUT2D eigenvalue weighted by Crippen LogP contribution is -2.50. The molecule has 1 heterocycles. The van der Waals surface area contributed by atoms with Crippen molar-refractivity contribution in [3.05, 3.63) is 28.7 Å². The Morgan fingerprint density at radius 1 is 1.48 bits per heavy atom. The predicted molar refractivity (Wildman–Crippen MR) is 88.0 cm³/mol. The van der Waals surface area contributed by atoms with Crippen LogP contribution in [0.3, 0.4) is 0 Å². The number of hydrogen-bond donors (Lipinski definition) is 1. The fraction of sp³-hybridized carbons (Fsp3) is 0.400. The van der Waals surface area contributed by atoms with Crippen LogP contribution in [0.15, 0.2) is 28.7 Å². The number of hydrogen-bond acceptors (Lipinski definition) is 5. The van der Waals surface area contributed by atoms with Crippen molar-refractivity contribution in [2.24, 2.45) is 5.92 Å². The van der Waals surface area contributed by atoms with Crippen molar-refractivity contribution in [3.63, 3.8) is 0 Å². The van der Waals surface area contributed by atoms with E-state index in [-0.39, 0.29) is 18.4 Å². The molecule has 0 aliphatic rings. The topological polar surface area (TPSA) is 96.5 Å². The van der Waals surface area contributed by atoms with Crippen molar-refractivity contribution in [1.82, 2.24) is 25.5 Å². The van der Waals surface area contributed by atoms with Gasteiger partial charge < -0.3 is 5.32 Å². The van der Waals surface area contributed by atoms with Crippen molar-refractivity contribution < 1.29 is 4.79 Å². The summed E-state index contributed by atoms with van der Waals surface area (Å²) >= 11 is 3.43. The second-order valence-corrected chi connectivity index (χ2v) is 6.49. The number of carbonyl (C=O) groups is 1. The Hall–Kier alpha value is -2.27. The van der Waals surface area contributed by atoms with Crippen molar-refractivity contribution in [3.8, 4) is 17.5 Å². The Bertz CT molecular complexity index is 750. The normalized spacial score (nSPS) is 13.4. The molecule has 0 aliphatic heterocycles. The van der Waals surface area contributed by atoms with E-state index in [2.05, 4.69) is 42.7 Å². The van der Waals surface area contributed by atoms with Gasteiger partial charge in [-0.2, -0.15) is 10.1 Å². The van der Waals surface area contributed by atoms with E-state index in [1.807, 2.05) is 38.1 Å². The minimum absolute atomic E-state index is 0.0176. The lowest BCUT2D eigenvalue weighted by molar-refractivity contribution is -0.123. The summed E-state index contributed by atoms with van der Waals surface area (Å²) in [5.74, 6) is 0.0759. The molecule has 2 aromatic rings. The molecule has 1 N–H and O–H groups in total. The third-order valence-electron chi connectivity index (χ3n) is 3.64. The van der Waals surface area contributed by atoms with Gasteiger partial charge in [-0.15, -0.1) is 10.2 Å². The second kappa shape index (κ2) is 6.87. The third-order valence-corrected chi connectivity index (χ3v) is 4.33. The number of rotatable bonds is 5. The number of nitriles is 1. The van der Waals surface area contributed by atoms with Crippen molar-refractivity contribution in [2.75, 3.05) is 0 Å². The number of tetrazole rings is 1. The fourth-order valence-corrected chi connectivity index (χ4v) is 2.28. The molecule has 7 nitrogen and oxygen atoms in total. The molecule has 8 heteroatoms. The Balaban J connectivity index is 2.10. The summed E-state index contributed by atoms with van der Waals surface area (Å²) < 4.78 is 0.848. The largest absolute Gasteiger partial charge is 0.336 e. The molecule has 0 unspecified atom stereocenters. The van der Waals surface area contributed by atoms with Gasteiger partial charge in [0, 0.05) is 10.0 Å². The first kappa shape index (κ1) is 17.1. The lowest BCUT2D eigenvalue weighted by atomic mass is 9.90. The van der Waals surface area contributed by atoms with Crippen LogP contribution in [0.25, 0.3) is 11.4 Å². The van der Waals surface area contributed by atoms with E-state index in [1.54, 1.807) is 6.92 Å². The highest BCUT2D eigenvalue weighted by molar-refractivity contribution is 9.10. The summed E-state index contributed by atoms with van der Waals surface area (Å²) in [5.41, 5.74) is -0.133. The molecule has 0 saturated carbocycles. The van der Waals surface area contributed by atoms with Crippen LogP contribution in [0, 0.1) is 17.2 Å². The second-order valence-electron chi connectivity index (χ2n) is 5.64. The van der Waals surface area contributed by atoms with Crippen molar-refractivity contribution >= 4 is 21.8 Å². The number of nitrogens with zero attached hydrogens (tertiary/aromatic N) is 5. The molecule has 0 radical (unpaired) electrons. The third kappa shape index (κ3) is 3.93. The highest BCUT2D eigenvalue weighted by atomic mass is 79.9. The zero-order valence-electron chi connectivity index (χ0n) is 13.1. The number of aromatic nitrogens is 4. The Labute approximate surface area is 142 Å². The molecule has 2 rings (SSSR count). The highest BCUT2D eigenvalue weighted by Gasteiger charge is 2.30. The highest BCUT2D eigenvalue weighted by Crippen LogP contribution is 2.24. The molecular formula is C15H17BrN6O. The Kier molecular flexibility index (Phi) is 5.11. The van der Waals surface area contributed by atoms with Gasteiger partial charge in [-0.25, -0.2) is 0 Å². The minimum Gasteiger partial charge on any atom is -0.336 e. The van der Waals surface area contributed by atoms with Crippen LogP contribution in [0.2, 0.25) is 0 Å². The maximum absolute atomic E-state index is 12.1. The number of amides is 1. The van der Waals surface area contributed by atoms with Crippen LogP contribution in [0.1, 0.15) is 20.8 Å². The molecule has 0 aliphatic carbocycles. The predicted octanol–water partition coefficient (Wildman–Crippen LogP) is 2.16. The number of benzene rings is 1. The first-order chi connectivity index (χ1) is 10.9. The molecule has 1 atom stereocenters. The van der Waals surface area contributed by atoms with Gasteiger partial charge in [0.2, 0.25) is 11.7 Å². The van der Waals surface area contributed by atoms with Gasteiger partial charge in [-0.1, -0.05) is 41.9 Å².